The normalized spacial score (nSPS) is 19.5. The molecule has 4 N–H and O–H groups in total. The number of rotatable bonds is 11. The summed E-state index contributed by atoms with van der Waals surface area (Å²) in [7, 11) is -2.71. The third-order valence-electron chi connectivity index (χ3n) is 11.2. The van der Waals surface area contributed by atoms with E-state index in [0.29, 0.717) is 41.7 Å². The van der Waals surface area contributed by atoms with Gasteiger partial charge in [-0.15, -0.1) is 11.3 Å². The van der Waals surface area contributed by atoms with E-state index in [-0.39, 0.29) is 47.0 Å². The Morgan fingerprint density at radius 2 is 1.57 bits per heavy atom. The number of H-pyrrole nitrogens is 1. The molecule has 5 aromatic rings. The molecule has 12 heteroatoms. The molecule has 3 aromatic carbocycles. The molecule has 7 rings (SSSR count). The highest BCUT2D eigenvalue weighted by Crippen LogP contribution is 2.38. The fraction of sp³-hybridized carbons (Fsp3) is 0.405. The minimum Gasteiger partial charge on any atom is -0.406 e. The molecule has 1 fully saturated rings. The molecule has 1 aliphatic carbocycles. The van der Waals surface area contributed by atoms with Gasteiger partial charge in [-0.1, -0.05) is 93.0 Å². The molecular weight excluding hydrogens is 734 g/mol. The second-order valence-corrected chi connectivity index (χ2v) is 22.2. The third-order valence-corrected chi connectivity index (χ3v) is 17.5. The number of aromatic amines is 1. The predicted octanol–water partition coefficient (Wildman–Crippen LogP) is 6.29. The van der Waals surface area contributed by atoms with Crippen molar-refractivity contribution in [3.8, 4) is 0 Å². The first kappa shape index (κ1) is 38.4. The third kappa shape index (κ3) is 7.67. The van der Waals surface area contributed by atoms with Crippen molar-refractivity contribution in [2.75, 3.05) is 19.8 Å². The molecule has 0 bridgehead atoms. The van der Waals surface area contributed by atoms with E-state index in [4.69, 9.17) is 21.0 Å². The standard InChI is InChI=1S/C42H50ClN5O4SSi/c1-41(2,3)54(30-12-8-6-9-13-30,31-14-10-7-11-15-31)52-26-42(4,5)48-19-18-33-37(24-48)53-40(47-33)39(51)46-35-21-27(25-49)20-34(35)45-38(50)36-23-28-22-29(43)16-17-32(28)44-36/h6-17,22-23,27,34-35,44,49H,18-21,24-26H2,1-5H3,(H,45,50)(H,46,51)/t27?,34-,35+/m0/s1. The summed E-state index contributed by atoms with van der Waals surface area (Å²) >= 11 is 7.59. The number of nitrogens with zero attached hydrogens (tertiary/aromatic N) is 2. The van der Waals surface area contributed by atoms with Crippen LogP contribution in [0.2, 0.25) is 10.1 Å². The van der Waals surface area contributed by atoms with Gasteiger partial charge in [0, 0.05) is 64.5 Å². The quantitative estimate of drug-likeness (QED) is 0.117. The molecule has 1 unspecified atom stereocenters. The maximum atomic E-state index is 13.7. The Balaban J connectivity index is 1.03. The molecule has 3 heterocycles. The number of aliphatic hydroxyl groups is 1. The average Bonchev–Trinajstić information content (AvgIpc) is 3.88. The van der Waals surface area contributed by atoms with Crippen LogP contribution in [0.3, 0.4) is 0 Å². The van der Waals surface area contributed by atoms with Crippen molar-refractivity contribution in [1.82, 2.24) is 25.5 Å². The van der Waals surface area contributed by atoms with E-state index in [0.717, 1.165) is 34.4 Å². The van der Waals surface area contributed by atoms with Gasteiger partial charge < -0.3 is 25.2 Å². The maximum absolute atomic E-state index is 13.7. The molecule has 0 spiro atoms. The topological polar surface area (TPSA) is 120 Å². The summed E-state index contributed by atoms with van der Waals surface area (Å²) < 4.78 is 7.36. The van der Waals surface area contributed by atoms with Gasteiger partial charge in [-0.25, -0.2) is 4.98 Å². The van der Waals surface area contributed by atoms with E-state index in [1.54, 1.807) is 12.1 Å². The van der Waals surface area contributed by atoms with Crippen molar-refractivity contribution in [2.45, 2.75) is 83.1 Å². The van der Waals surface area contributed by atoms with Gasteiger partial charge in [0.2, 0.25) is 0 Å². The van der Waals surface area contributed by atoms with Crippen molar-refractivity contribution in [2.24, 2.45) is 5.92 Å². The van der Waals surface area contributed by atoms with Gasteiger partial charge >= 0.3 is 0 Å². The van der Waals surface area contributed by atoms with Crippen molar-refractivity contribution < 1.29 is 19.1 Å². The van der Waals surface area contributed by atoms with Gasteiger partial charge in [0.1, 0.15) is 5.69 Å². The van der Waals surface area contributed by atoms with Gasteiger partial charge in [0.15, 0.2) is 5.01 Å². The van der Waals surface area contributed by atoms with E-state index in [2.05, 4.69) is 116 Å². The van der Waals surface area contributed by atoms with Crippen LogP contribution in [0.1, 0.15) is 78.3 Å². The molecule has 54 heavy (non-hydrogen) atoms. The van der Waals surface area contributed by atoms with Crippen LogP contribution in [-0.2, 0) is 17.4 Å². The molecular formula is C42H50ClN5O4SSi. The Morgan fingerprint density at radius 1 is 0.944 bits per heavy atom. The zero-order valence-electron chi connectivity index (χ0n) is 31.6. The molecule has 2 aliphatic rings. The van der Waals surface area contributed by atoms with E-state index in [1.165, 1.54) is 21.7 Å². The number of hydrogen-bond acceptors (Lipinski definition) is 7. The van der Waals surface area contributed by atoms with Crippen LogP contribution in [0.5, 0.6) is 0 Å². The number of aromatic nitrogens is 2. The summed E-state index contributed by atoms with van der Waals surface area (Å²) in [6.07, 6.45) is 1.87. The van der Waals surface area contributed by atoms with Crippen LogP contribution in [0.25, 0.3) is 10.9 Å². The molecule has 9 nitrogen and oxygen atoms in total. The van der Waals surface area contributed by atoms with Crippen LogP contribution in [0.15, 0.2) is 84.9 Å². The average molecular weight is 784 g/mol. The number of fused-ring (bicyclic) bond motifs is 2. The lowest BCUT2D eigenvalue weighted by Gasteiger charge is -2.47. The summed E-state index contributed by atoms with van der Waals surface area (Å²) in [6.45, 7) is 13.4. The fourth-order valence-corrected chi connectivity index (χ4v) is 14.2. The first-order valence-corrected chi connectivity index (χ1v) is 21.9. The SMILES string of the molecule is CC(C)(CO[Si](c1ccccc1)(c1ccccc1)C(C)(C)C)N1CCc2nc(C(=O)N[C@@H]3CC(CO)C[C@@H]3NC(=O)c3cc4cc(Cl)ccc4[nH]3)sc2C1. The minimum absolute atomic E-state index is 0.0133. The smallest absolute Gasteiger partial charge is 0.280 e. The highest BCUT2D eigenvalue weighted by atomic mass is 35.5. The first-order valence-electron chi connectivity index (χ1n) is 18.8. The largest absolute Gasteiger partial charge is 0.406 e. The van der Waals surface area contributed by atoms with Crippen LogP contribution in [0, 0.1) is 5.92 Å². The number of hydrogen-bond donors (Lipinski definition) is 4. The van der Waals surface area contributed by atoms with Crippen LogP contribution < -0.4 is 21.0 Å². The Labute approximate surface area is 327 Å². The lowest BCUT2D eigenvalue weighted by atomic mass is 10.0. The van der Waals surface area contributed by atoms with Gasteiger partial charge in [-0.2, -0.15) is 0 Å². The summed E-state index contributed by atoms with van der Waals surface area (Å²) in [6, 6.07) is 28.0. The van der Waals surface area contributed by atoms with Gasteiger partial charge in [0.05, 0.1) is 12.3 Å². The zero-order chi connectivity index (χ0) is 38.3. The van der Waals surface area contributed by atoms with Crippen LogP contribution in [0.4, 0.5) is 0 Å². The van der Waals surface area contributed by atoms with Gasteiger partial charge in [0.25, 0.3) is 20.1 Å². The summed E-state index contributed by atoms with van der Waals surface area (Å²) in [5, 5.41) is 20.5. The van der Waals surface area contributed by atoms with Crippen molar-refractivity contribution in [3.05, 3.63) is 111 Å². The van der Waals surface area contributed by atoms with Crippen molar-refractivity contribution in [3.63, 3.8) is 0 Å². The van der Waals surface area contributed by atoms with Crippen molar-refractivity contribution >= 4 is 64.3 Å². The van der Waals surface area contributed by atoms with E-state index >= 15 is 0 Å². The molecule has 2 amide bonds. The number of nitrogens with one attached hydrogen (secondary N) is 3. The number of benzene rings is 3. The van der Waals surface area contributed by atoms with Gasteiger partial charge in [-0.05, 0) is 72.3 Å². The molecule has 0 saturated heterocycles. The number of carbonyl (C=O) groups is 2. The Kier molecular flexibility index (Phi) is 10.9. The van der Waals surface area contributed by atoms with Crippen LogP contribution >= 0.6 is 22.9 Å². The Bertz CT molecular complexity index is 2080. The lowest BCUT2D eigenvalue weighted by Crippen LogP contribution is -2.68. The van der Waals surface area contributed by atoms with E-state index < -0.39 is 8.32 Å². The molecule has 1 saturated carbocycles. The fourth-order valence-electron chi connectivity index (χ4n) is 8.26. The number of amides is 2. The summed E-state index contributed by atoms with van der Waals surface area (Å²) in [5.41, 5.74) is 1.91. The first-order chi connectivity index (χ1) is 25.8. The Hall–Kier alpha value is -3.84. The highest BCUT2D eigenvalue weighted by Gasteiger charge is 2.51. The van der Waals surface area contributed by atoms with Crippen molar-refractivity contribution in [1.29, 1.82) is 0 Å². The maximum Gasteiger partial charge on any atom is 0.280 e. The second-order valence-electron chi connectivity index (χ2n) is 16.4. The molecule has 0 radical (unpaired) electrons. The highest BCUT2D eigenvalue weighted by molar-refractivity contribution is 7.13. The molecule has 1 aliphatic heterocycles. The summed E-state index contributed by atoms with van der Waals surface area (Å²) in [4.78, 5) is 38.6. The summed E-state index contributed by atoms with van der Waals surface area (Å²) in [5.74, 6) is -0.552. The van der Waals surface area contributed by atoms with Crippen LogP contribution in [-0.4, -0.2) is 77.5 Å². The lowest BCUT2D eigenvalue weighted by molar-refractivity contribution is 0.0530. The van der Waals surface area contributed by atoms with Gasteiger partial charge in [-0.3, -0.25) is 14.5 Å². The second kappa shape index (κ2) is 15.4. The molecule has 3 atom stereocenters. The number of carbonyl (C=O) groups excluding carboxylic acids is 2. The van der Waals surface area contributed by atoms with E-state index in [9.17, 15) is 14.7 Å². The van der Waals surface area contributed by atoms with E-state index in [1.807, 2.05) is 12.1 Å². The monoisotopic (exact) mass is 783 g/mol. The Morgan fingerprint density at radius 3 is 2.19 bits per heavy atom. The minimum atomic E-state index is -2.71. The zero-order valence-corrected chi connectivity index (χ0v) is 34.2. The molecule has 284 valence electrons. The number of aliphatic hydroxyl groups excluding tert-OH is 1. The molecule has 2 aromatic heterocycles. The number of thiazole rings is 1. The predicted molar refractivity (Wildman–Crippen MR) is 220 cm³/mol. The number of halogens is 1.